The van der Waals surface area contributed by atoms with Crippen LogP contribution in [0.15, 0.2) is 40.9 Å². The van der Waals surface area contributed by atoms with Crippen LogP contribution in [0.5, 0.6) is 0 Å². The van der Waals surface area contributed by atoms with Crippen LogP contribution in [-0.4, -0.2) is 10.8 Å². The van der Waals surface area contributed by atoms with E-state index in [0.717, 1.165) is 27.5 Å². The number of hydrogen-bond donors (Lipinski definition) is 1. The first-order chi connectivity index (χ1) is 10.5. The van der Waals surface area contributed by atoms with Crippen molar-refractivity contribution in [2.45, 2.75) is 13.3 Å². The summed E-state index contributed by atoms with van der Waals surface area (Å²) in [7, 11) is 0. The number of H-pyrrole nitrogens is 1. The van der Waals surface area contributed by atoms with Crippen molar-refractivity contribution in [3.05, 3.63) is 67.7 Å². The van der Waals surface area contributed by atoms with Crippen LogP contribution in [0.25, 0.3) is 10.9 Å². The number of carbonyl (C=O) groups excluding carboxylic acids is 1. The average Bonchev–Trinajstić information content (AvgIpc) is 2.89. The highest BCUT2D eigenvalue weighted by Gasteiger charge is 2.22. The molecule has 0 unspecified atom stereocenters. The molecule has 2 aromatic carbocycles. The number of aromatic amines is 1. The number of aromatic nitrogens is 1. The second-order valence-corrected chi connectivity index (χ2v) is 6.56. The van der Waals surface area contributed by atoms with E-state index in [1.807, 2.05) is 25.1 Å². The van der Waals surface area contributed by atoms with Gasteiger partial charge >= 0.3 is 0 Å². The van der Waals surface area contributed by atoms with E-state index < -0.39 is 0 Å². The fraction of sp³-hybridized carbons (Fsp3) is 0.118. The van der Waals surface area contributed by atoms with Gasteiger partial charge in [-0.1, -0.05) is 48.3 Å². The molecule has 0 aliphatic heterocycles. The molecule has 0 atom stereocenters. The van der Waals surface area contributed by atoms with Crippen molar-refractivity contribution in [1.29, 1.82) is 0 Å². The Kier molecular flexibility index (Phi) is 4.31. The molecule has 0 saturated carbocycles. The van der Waals surface area contributed by atoms with Crippen LogP contribution in [-0.2, 0) is 6.42 Å². The van der Waals surface area contributed by atoms with Gasteiger partial charge in [-0.2, -0.15) is 0 Å². The summed E-state index contributed by atoms with van der Waals surface area (Å²) >= 11 is 15.8. The van der Waals surface area contributed by atoms with Gasteiger partial charge in [-0.15, -0.1) is 0 Å². The fourth-order valence-corrected chi connectivity index (χ4v) is 3.43. The Bertz CT molecular complexity index is 886. The van der Waals surface area contributed by atoms with E-state index in [2.05, 4.69) is 20.9 Å². The Morgan fingerprint density at radius 2 is 1.91 bits per heavy atom. The van der Waals surface area contributed by atoms with Gasteiger partial charge < -0.3 is 4.98 Å². The number of carbonyl (C=O) groups is 1. The molecular formula is C17H12BrCl2NO. The van der Waals surface area contributed by atoms with Crippen LogP contribution in [0, 0.1) is 0 Å². The van der Waals surface area contributed by atoms with Gasteiger partial charge in [-0.3, -0.25) is 4.79 Å². The molecule has 2 nitrogen and oxygen atoms in total. The Morgan fingerprint density at radius 1 is 1.18 bits per heavy atom. The van der Waals surface area contributed by atoms with E-state index in [1.165, 1.54) is 0 Å². The quantitative estimate of drug-likeness (QED) is 0.538. The lowest BCUT2D eigenvalue weighted by atomic mass is 9.99. The van der Waals surface area contributed by atoms with Crippen molar-refractivity contribution in [1.82, 2.24) is 4.98 Å². The molecule has 1 aromatic heterocycles. The van der Waals surface area contributed by atoms with Crippen molar-refractivity contribution in [3.8, 4) is 0 Å². The summed E-state index contributed by atoms with van der Waals surface area (Å²) in [4.78, 5) is 16.3. The number of benzene rings is 2. The number of hydrogen-bond acceptors (Lipinski definition) is 1. The van der Waals surface area contributed by atoms with Crippen molar-refractivity contribution in [2.24, 2.45) is 0 Å². The fourth-order valence-electron chi connectivity index (χ4n) is 2.57. The Hall–Kier alpha value is -1.29. The minimum absolute atomic E-state index is 0.117. The first-order valence-electron chi connectivity index (χ1n) is 6.82. The van der Waals surface area contributed by atoms with E-state index in [4.69, 9.17) is 23.2 Å². The Balaban J connectivity index is 2.27. The molecule has 0 aliphatic carbocycles. The van der Waals surface area contributed by atoms with Crippen molar-refractivity contribution in [2.75, 3.05) is 0 Å². The summed E-state index contributed by atoms with van der Waals surface area (Å²) < 4.78 is 0.927. The number of para-hydroxylation sites is 1. The van der Waals surface area contributed by atoms with E-state index in [-0.39, 0.29) is 5.78 Å². The van der Waals surface area contributed by atoms with E-state index in [1.54, 1.807) is 18.2 Å². The van der Waals surface area contributed by atoms with Gasteiger partial charge in [0, 0.05) is 21.1 Å². The highest BCUT2D eigenvalue weighted by molar-refractivity contribution is 9.10. The largest absolute Gasteiger partial charge is 0.357 e. The molecule has 0 bridgehead atoms. The summed E-state index contributed by atoms with van der Waals surface area (Å²) in [5.74, 6) is -0.117. The van der Waals surface area contributed by atoms with Crippen LogP contribution in [0.1, 0.15) is 28.5 Å². The van der Waals surface area contributed by atoms with E-state index in [0.29, 0.717) is 21.2 Å². The summed E-state index contributed by atoms with van der Waals surface area (Å²) in [5.41, 5.74) is 2.89. The predicted octanol–water partition coefficient (Wildman–Crippen LogP) is 6.03. The van der Waals surface area contributed by atoms with Gasteiger partial charge in [-0.25, -0.2) is 0 Å². The topological polar surface area (TPSA) is 32.9 Å². The first-order valence-corrected chi connectivity index (χ1v) is 8.37. The summed E-state index contributed by atoms with van der Waals surface area (Å²) in [5, 5.41) is 1.56. The summed E-state index contributed by atoms with van der Waals surface area (Å²) in [6.45, 7) is 2.01. The zero-order chi connectivity index (χ0) is 15.9. The molecule has 1 N–H and O–H groups in total. The highest BCUT2D eigenvalue weighted by Crippen LogP contribution is 2.33. The molecule has 0 fully saturated rings. The molecule has 22 heavy (non-hydrogen) atoms. The average molecular weight is 397 g/mol. The number of rotatable bonds is 3. The molecule has 3 aromatic rings. The summed E-state index contributed by atoms with van der Waals surface area (Å²) in [6.07, 6.45) is 0.723. The van der Waals surface area contributed by atoms with Crippen molar-refractivity contribution < 1.29 is 4.79 Å². The van der Waals surface area contributed by atoms with Crippen LogP contribution >= 0.6 is 39.1 Å². The van der Waals surface area contributed by atoms with Crippen LogP contribution in [0.3, 0.4) is 0 Å². The number of ketones is 1. The smallest absolute Gasteiger partial charge is 0.197 e. The molecule has 0 spiro atoms. The van der Waals surface area contributed by atoms with Gasteiger partial charge in [0.2, 0.25) is 0 Å². The van der Waals surface area contributed by atoms with E-state index >= 15 is 0 Å². The maximum atomic E-state index is 13.0. The summed E-state index contributed by atoms with van der Waals surface area (Å²) in [6, 6.07) is 10.9. The van der Waals surface area contributed by atoms with Crippen LogP contribution < -0.4 is 0 Å². The molecule has 0 amide bonds. The monoisotopic (exact) mass is 395 g/mol. The van der Waals surface area contributed by atoms with E-state index in [9.17, 15) is 4.79 Å². The van der Waals surface area contributed by atoms with Crippen LogP contribution in [0.4, 0.5) is 0 Å². The van der Waals surface area contributed by atoms with Crippen LogP contribution in [0.2, 0.25) is 10.0 Å². The lowest BCUT2D eigenvalue weighted by Gasteiger charge is -2.06. The minimum Gasteiger partial charge on any atom is -0.357 e. The van der Waals surface area contributed by atoms with Gasteiger partial charge in [0.1, 0.15) is 0 Å². The third kappa shape index (κ3) is 2.47. The number of halogens is 3. The zero-order valence-corrected chi connectivity index (χ0v) is 14.8. The number of aryl methyl sites for hydroxylation is 1. The molecule has 3 rings (SSSR count). The standard InChI is InChI=1S/C17H12BrCl2NO/c1-2-13-14(9-5-3-7-11(18)16(9)21-13)17(22)10-6-4-8-12(19)15(10)20/h3-8,21H,2H2,1H3. The number of fused-ring (bicyclic) bond motifs is 1. The Labute approximate surface area is 146 Å². The predicted molar refractivity (Wildman–Crippen MR) is 95.3 cm³/mol. The molecule has 1 heterocycles. The third-order valence-corrected chi connectivity index (χ3v) is 5.12. The van der Waals surface area contributed by atoms with Crippen molar-refractivity contribution in [3.63, 3.8) is 0 Å². The van der Waals surface area contributed by atoms with Gasteiger partial charge in [-0.05, 0) is 40.5 Å². The SMILES string of the molecule is CCc1[nH]c2c(Br)cccc2c1C(=O)c1cccc(Cl)c1Cl. The number of nitrogens with one attached hydrogen (secondary N) is 1. The molecular weight excluding hydrogens is 385 g/mol. The van der Waals surface area contributed by atoms with Gasteiger partial charge in [0.25, 0.3) is 0 Å². The third-order valence-electron chi connectivity index (χ3n) is 3.64. The van der Waals surface area contributed by atoms with Gasteiger partial charge in [0.15, 0.2) is 5.78 Å². The molecule has 0 saturated heterocycles. The molecule has 5 heteroatoms. The molecule has 0 aliphatic rings. The minimum atomic E-state index is -0.117. The lowest BCUT2D eigenvalue weighted by molar-refractivity contribution is 0.103. The maximum absolute atomic E-state index is 13.0. The maximum Gasteiger partial charge on any atom is 0.197 e. The highest BCUT2D eigenvalue weighted by atomic mass is 79.9. The second-order valence-electron chi connectivity index (χ2n) is 4.93. The first kappa shape index (κ1) is 15.6. The second kappa shape index (κ2) is 6.07. The normalized spacial score (nSPS) is 11.1. The molecule has 112 valence electrons. The Morgan fingerprint density at radius 3 is 2.64 bits per heavy atom. The lowest BCUT2D eigenvalue weighted by Crippen LogP contribution is -2.05. The molecule has 0 radical (unpaired) electrons. The van der Waals surface area contributed by atoms with Crippen molar-refractivity contribution >= 4 is 55.8 Å². The van der Waals surface area contributed by atoms with Gasteiger partial charge in [0.05, 0.1) is 21.1 Å². The zero-order valence-electron chi connectivity index (χ0n) is 11.7.